The van der Waals surface area contributed by atoms with Gasteiger partial charge in [-0.25, -0.2) is 4.79 Å². The van der Waals surface area contributed by atoms with E-state index in [0.29, 0.717) is 6.54 Å². The molecule has 2 amide bonds. The van der Waals surface area contributed by atoms with E-state index in [1.54, 1.807) is 12.4 Å². The maximum atomic E-state index is 11.6. The predicted molar refractivity (Wildman–Crippen MR) is 71.8 cm³/mol. The van der Waals surface area contributed by atoms with Crippen molar-refractivity contribution < 1.29 is 4.79 Å². The van der Waals surface area contributed by atoms with Crippen LogP contribution in [-0.4, -0.2) is 17.1 Å². The lowest BCUT2D eigenvalue weighted by molar-refractivity contribution is 0.236. The van der Waals surface area contributed by atoms with Gasteiger partial charge in [0.2, 0.25) is 0 Å². The van der Waals surface area contributed by atoms with Crippen LogP contribution in [0.2, 0.25) is 0 Å². The zero-order valence-electron chi connectivity index (χ0n) is 11.0. The molecule has 0 spiro atoms. The molecule has 1 aromatic heterocycles. The fourth-order valence-corrected chi connectivity index (χ4v) is 1.49. The second-order valence-corrected chi connectivity index (χ2v) is 4.59. The molecule has 0 aromatic carbocycles. The molecule has 1 aromatic rings. The first kappa shape index (κ1) is 14.0. The number of aryl methyl sites for hydroxylation is 1. The number of pyridine rings is 1. The summed E-state index contributed by atoms with van der Waals surface area (Å²) in [6.07, 6.45) is 8.85. The van der Waals surface area contributed by atoms with Gasteiger partial charge in [-0.05, 0) is 24.0 Å². The minimum absolute atomic E-state index is 0.210. The average molecular weight is 245 g/mol. The van der Waals surface area contributed by atoms with Crippen molar-refractivity contribution in [1.29, 1.82) is 0 Å². The molecule has 0 radical (unpaired) electrons. The fourth-order valence-electron chi connectivity index (χ4n) is 1.49. The van der Waals surface area contributed by atoms with Crippen LogP contribution in [0.4, 0.5) is 4.79 Å². The van der Waals surface area contributed by atoms with Crippen molar-refractivity contribution in [3.8, 4) is 12.3 Å². The van der Waals surface area contributed by atoms with E-state index >= 15 is 0 Å². The van der Waals surface area contributed by atoms with Crippen molar-refractivity contribution in [2.24, 2.45) is 5.92 Å². The van der Waals surface area contributed by atoms with Gasteiger partial charge in [-0.3, -0.25) is 4.98 Å². The minimum Gasteiger partial charge on any atom is -0.334 e. The highest BCUT2D eigenvalue weighted by Crippen LogP contribution is 2.01. The SMILES string of the molecule is C#C[C@H](NC(=O)NCc1cncc(C)c1)C(C)C. The standard InChI is InChI=1S/C14H19N3O/c1-5-13(10(2)3)17-14(18)16-9-12-6-11(4)7-15-8-12/h1,6-8,10,13H,9H2,2-4H3,(H2,16,17,18)/t13-/m0/s1. The number of carbonyl (C=O) groups is 1. The molecule has 0 aliphatic carbocycles. The van der Waals surface area contributed by atoms with Crippen LogP contribution >= 0.6 is 0 Å². The van der Waals surface area contributed by atoms with E-state index in [-0.39, 0.29) is 18.0 Å². The molecule has 4 heteroatoms. The highest BCUT2D eigenvalue weighted by atomic mass is 16.2. The molecule has 0 unspecified atom stereocenters. The van der Waals surface area contributed by atoms with Gasteiger partial charge in [-0.15, -0.1) is 6.42 Å². The monoisotopic (exact) mass is 245 g/mol. The molecule has 0 aliphatic heterocycles. The van der Waals surface area contributed by atoms with Gasteiger partial charge in [0, 0.05) is 18.9 Å². The molecule has 0 fully saturated rings. The highest BCUT2D eigenvalue weighted by Gasteiger charge is 2.12. The largest absolute Gasteiger partial charge is 0.334 e. The number of nitrogens with zero attached hydrogens (tertiary/aromatic N) is 1. The summed E-state index contributed by atoms with van der Waals surface area (Å²) < 4.78 is 0. The number of aromatic nitrogens is 1. The summed E-state index contributed by atoms with van der Waals surface area (Å²) >= 11 is 0. The third-order valence-corrected chi connectivity index (χ3v) is 2.52. The topological polar surface area (TPSA) is 54.0 Å². The fraction of sp³-hybridized carbons (Fsp3) is 0.429. The van der Waals surface area contributed by atoms with Crippen LogP contribution in [0.3, 0.4) is 0 Å². The lowest BCUT2D eigenvalue weighted by atomic mass is 10.1. The summed E-state index contributed by atoms with van der Waals surface area (Å²) in [7, 11) is 0. The van der Waals surface area contributed by atoms with Crippen LogP contribution in [0, 0.1) is 25.2 Å². The van der Waals surface area contributed by atoms with E-state index < -0.39 is 0 Å². The zero-order chi connectivity index (χ0) is 13.5. The number of hydrogen-bond donors (Lipinski definition) is 2. The third-order valence-electron chi connectivity index (χ3n) is 2.52. The lowest BCUT2D eigenvalue weighted by Gasteiger charge is -2.17. The molecular weight excluding hydrogens is 226 g/mol. The Kier molecular flexibility index (Phi) is 5.19. The first-order valence-electron chi connectivity index (χ1n) is 5.94. The molecule has 4 nitrogen and oxygen atoms in total. The maximum Gasteiger partial charge on any atom is 0.316 e. The Hall–Kier alpha value is -2.02. The zero-order valence-corrected chi connectivity index (χ0v) is 11.0. The second kappa shape index (κ2) is 6.65. The summed E-state index contributed by atoms with van der Waals surface area (Å²) in [6.45, 7) is 6.34. The lowest BCUT2D eigenvalue weighted by Crippen LogP contribution is -2.43. The van der Waals surface area contributed by atoms with E-state index in [2.05, 4.69) is 21.5 Å². The smallest absolute Gasteiger partial charge is 0.316 e. The molecule has 0 saturated heterocycles. The van der Waals surface area contributed by atoms with Crippen molar-refractivity contribution in [1.82, 2.24) is 15.6 Å². The van der Waals surface area contributed by atoms with Crippen molar-refractivity contribution in [2.45, 2.75) is 33.4 Å². The van der Waals surface area contributed by atoms with E-state index in [4.69, 9.17) is 6.42 Å². The van der Waals surface area contributed by atoms with Gasteiger partial charge in [0.05, 0.1) is 6.04 Å². The Balaban J connectivity index is 2.45. The van der Waals surface area contributed by atoms with E-state index in [9.17, 15) is 4.79 Å². The van der Waals surface area contributed by atoms with Gasteiger partial charge in [-0.2, -0.15) is 0 Å². The van der Waals surface area contributed by atoms with E-state index in [1.165, 1.54) is 0 Å². The Morgan fingerprint density at radius 1 is 1.50 bits per heavy atom. The molecule has 1 heterocycles. The molecular formula is C14H19N3O. The minimum atomic E-state index is -0.256. The number of urea groups is 1. The van der Waals surface area contributed by atoms with Gasteiger partial charge < -0.3 is 10.6 Å². The second-order valence-electron chi connectivity index (χ2n) is 4.59. The molecule has 1 atom stereocenters. The normalized spacial score (nSPS) is 11.7. The summed E-state index contributed by atoms with van der Waals surface area (Å²) in [4.78, 5) is 15.7. The number of hydrogen-bond acceptors (Lipinski definition) is 2. The average Bonchev–Trinajstić information content (AvgIpc) is 2.33. The molecule has 0 bridgehead atoms. The number of rotatable bonds is 4. The molecule has 0 aliphatic rings. The Morgan fingerprint density at radius 2 is 2.22 bits per heavy atom. The summed E-state index contributed by atoms with van der Waals surface area (Å²) in [6, 6.07) is 1.47. The number of terminal acetylenes is 1. The van der Waals surface area contributed by atoms with Crippen LogP contribution in [0.25, 0.3) is 0 Å². The van der Waals surface area contributed by atoms with Crippen LogP contribution in [0.5, 0.6) is 0 Å². The van der Waals surface area contributed by atoms with Crippen LogP contribution in [0.1, 0.15) is 25.0 Å². The summed E-state index contributed by atoms with van der Waals surface area (Å²) in [5.74, 6) is 2.77. The summed E-state index contributed by atoms with van der Waals surface area (Å²) in [5.41, 5.74) is 2.03. The van der Waals surface area contributed by atoms with Crippen LogP contribution in [0.15, 0.2) is 18.5 Å². The molecule has 1 rings (SSSR count). The quantitative estimate of drug-likeness (QED) is 0.795. The van der Waals surface area contributed by atoms with Crippen LogP contribution < -0.4 is 10.6 Å². The van der Waals surface area contributed by atoms with E-state index in [0.717, 1.165) is 11.1 Å². The van der Waals surface area contributed by atoms with Crippen molar-refractivity contribution in [3.05, 3.63) is 29.6 Å². The van der Waals surface area contributed by atoms with Crippen molar-refractivity contribution in [2.75, 3.05) is 0 Å². The highest BCUT2D eigenvalue weighted by molar-refractivity contribution is 5.74. The molecule has 18 heavy (non-hydrogen) atoms. The van der Waals surface area contributed by atoms with Gasteiger partial charge in [0.15, 0.2) is 0 Å². The Labute approximate surface area is 108 Å². The van der Waals surface area contributed by atoms with Crippen molar-refractivity contribution >= 4 is 6.03 Å². The van der Waals surface area contributed by atoms with Gasteiger partial charge >= 0.3 is 6.03 Å². The van der Waals surface area contributed by atoms with E-state index in [1.807, 2.05) is 26.8 Å². The third kappa shape index (κ3) is 4.46. The number of nitrogens with one attached hydrogen (secondary N) is 2. The predicted octanol–water partition coefficient (Wildman–Crippen LogP) is 1.85. The van der Waals surface area contributed by atoms with Gasteiger partial charge in [-0.1, -0.05) is 25.8 Å². The first-order valence-corrected chi connectivity index (χ1v) is 5.94. The Bertz CT molecular complexity index is 449. The van der Waals surface area contributed by atoms with Gasteiger partial charge in [0.25, 0.3) is 0 Å². The van der Waals surface area contributed by atoms with Gasteiger partial charge in [0.1, 0.15) is 0 Å². The van der Waals surface area contributed by atoms with Crippen LogP contribution in [-0.2, 0) is 6.54 Å². The van der Waals surface area contributed by atoms with Crippen molar-refractivity contribution in [3.63, 3.8) is 0 Å². The molecule has 0 saturated carbocycles. The Morgan fingerprint density at radius 3 is 2.78 bits per heavy atom. The molecule has 96 valence electrons. The molecule has 2 N–H and O–H groups in total. The summed E-state index contributed by atoms with van der Waals surface area (Å²) in [5, 5.41) is 5.50. The maximum absolute atomic E-state index is 11.6. The number of amides is 2. The first-order chi connectivity index (χ1) is 8.52. The number of carbonyl (C=O) groups excluding carboxylic acids is 1.